The van der Waals surface area contributed by atoms with Gasteiger partial charge in [-0.1, -0.05) is 15.9 Å². The van der Waals surface area contributed by atoms with Crippen LogP contribution < -0.4 is 10.0 Å². The summed E-state index contributed by atoms with van der Waals surface area (Å²) < 4.78 is 27.1. The molecule has 0 spiro atoms. The maximum absolute atomic E-state index is 11.9. The first-order valence-corrected chi connectivity index (χ1v) is 8.19. The fourth-order valence-electron chi connectivity index (χ4n) is 1.42. The minimum absolute atomic E-state index is 0.0737. The Balaban J connectivity index is 2.35. The second-order valence-electron chi connectivity index (χ2n) is 4.04. The Morgan fingerprint density at radius 2 is 1.74 bits per heavy atom. The van der Waals surface area contributed by atoms with E-state index in [1.54, 1.807) is 24.3 Å². The largest absolute Gasteiger partial charge is 0.356 e. The third-order valence-corrected chi connectivity index (χ3v) is 4.40. The first-order valence-electron chi connectivity index (χ1n) is 5.91. The number of hydrogen-bond donors (Lipinski definition) is 2. The summed E-state index contributed by atoms with van der Waals surface area (Å²) in [7, 11) is -3.44. The number of nitrogens with one attached hydrogen (secondary N) is 2. The third kappa shape index (κ3) is 6.17. The van der Waals surface area contributed by atoms with Gasteiger partial charge in [-0.2, -0.15) is 0 Å². The number of amides is 1. The van der Waals surface area contributed by atoms with Gasteiger partial charge in [0.2, 0.25) is 15.9 Å². The molecule has 1 rings (SSSR count). The van der Waals surface area contributed by atoms with Crippen LogP contribution in [0.1, 0.15) is 19.8 Å². The van der Waals surface area contributed by atoms with Crippen molar-refractivity contribution >= 4 is 31.9 Å². The highest BCUT2D eigenvalue weighted by molar-refractivity contribution is 9.10. The molecule has 19 heavy (non-hydrogen) atoms. The highest BCUT2D eigenvalue weighted by Crippen LogP contribution is 2.14. The van der Waals surface area contributed by atoms with E-state index in [1.807, 2.05) is 0 Å². The van der Waals surface area contributed by atoms with E-state index in [4.69, 9.17) is 0 Å². The zero-order valence-electron chi connectivity index (χ0n) is 10.6. The standard InChI is InChI=1S/C12H17BrN2O3S/c1-10(16)14-8-2-3-9-15-19(17,18)12-6-4-11(13)5-7-12/h4-7,15H,2-3,8-9H2,1H3,(H,14,16). The van der Waals surface area contributed by atoms with E-state index in [9.17, 15) is 13.2 Å². The predicted octanol–water partition coefficient (Wildman–Crippen LogP) is 1.64. The molecule has 1 aromatic carbocycles. The molecule has 0 saturated carbocycles. The minimum Gasteiger partial charge on any atom is -0.356 e. The van der Waals surface area contributed by atoms with E-state index in [1.165, 1.54) is 6.92 Å². The topological polar surface area (TPSA) is 75.3 Å². The molecule has 0 aliphatic carbocycles. The van der Waals surface area contributed by atoms with Gasteiger partial charge < -0.3 is 5.32 Å². The molecule has 0 bridgehead atoms. The molecule has 2 N–H and O–H groups in total. The summed E-state index contributed by atoms with van der Waals surface area (Å²) in [4.78, 5) is 10.9. The summed E-state index contributed by atoms with van der Waals surface area (Å²) in [5.41, 5.74) is 0. The molecule has 0 aliphatic rings. The van der Waals surface area contributed by atoms with Gasteiger partial charge in [-0.3, -0.25) is 4.79 Å². The number of halogens is 1. The highest BCUT2D eigenvalue weighted by Gasteiger charge is 2.12. The Labute approximate surface area is 122 Å². The van der Waals surface area contributed by atoms with Crippen molar-refractivity contribution in [2.24, 2.45) is 0 Å². The zero-order chi connectivity index (χ0) is 14.3. The fraction of sp³-hybridized carbons (Fsp3) is 0.417. The van der Waals surface area contributed by atoms with Crippen LogP contribution in [0.3, 0.4) is 0 Å². The quantitative estimate of drug-likeness (QED) is 0.735. The summed E-state index contributed by atoms with van der Waals surface area (Å²) in [6.45, 7) is 2.38. The van der Waals surface area contributed by atoms with Gasteiger partial charge in [-0.05, 0) is 37.1 Å². The van der Waals surface area contributed by atoms with E-state index in [-0.39, 0.29) is 10.8 Å². The molecular weight excluding hydrogens is 332 g/mol. The van der Waals surface area contributed by atoms with Crippen LogP contribution in [-0.2, 0) is 14.8 Å². The summed E-state index contributed by atoms with van der Waals surface area (Å²) in [5, 5.41) is 2.66. The number of benzene rings is 1. The summed E-state index contributed by atoms with van der Waals surface area (Å²) >= 11 is 3.26. The third-order valence-electron chi connectivity index (χ3n) is 2.39. The molecule has 106 valence electrons. The van der Waals surface area contributed by atoms with E-state index < -0.39 is 10.0 Å². The lowest BCUT2D eigenvalue weighted by Crippen LogP contribution is -2.26. The molecule has 0 unspecified atom stereocenters. The van der Waals surface area contributed by atoms with Crippen molar-refractivity contribution in [2.45, 2.75) is 24.7 Å². The van der Waals surface area contributed by atoms with Crippen molar-refractivity contribution in [1.82, 2.24) is 10.0 Å². The smallest absolute Gasteiger partial charge is 0.240 e. The molecular formula is C12H17BrN2O3S. The average molecular weight is 349 g/mol. The lowest BCUT2D eigenvalue weighted by Gasteiger charge is -2.07. The molecule has 0 saturated heterocycles. The molecule has 0 fully saturated rings. The van der Waals surface area contributed by atoms with Crippen LogP contribution in [0.25, 0.3) is 0 Å². The maximum Gasteiger partial charge on any atom is 0.240 e. The molecule has 0 aliphatic heterocycles. The first kappa shape index (κ1) is 16.1. The van der Waals surface area contributed by atoms with Crippen molar-refractivity contribution in [3.63, 3.8) is 0 Å². The minimum atomic E-state index is -3.44. The molecule has 0 radical (unpaired) electrons. The zero-order valence-corrected chi connectivity index (χ0v) is 13.1. The van der Waals surface area contributed by atoms with E-state index in [0.717, 1.165) is 10.9 Å². The van der Waals surface area contributed by atoms with Gasteiger partial charge in [0, 0.05) is 24.5 Å². The first-order chi connectivity index (χ1) is 8.92. The Morgan fingerprint density at radius 1 is 1.16 bits per heavy atom. The summed E-state index contributed by atoms with van der Waals surface area (Å²) in [6.07, 6.45) is 1.42. The van der Waals surface area contributed by atoms with Crippen LogP contribution in [-0.4, -0.2) is 27.4 Å². The molecule has 1 amide bonds. The van der Waals surface area contributed by atoms with E-state index in [2.05, 4.69) is 26.0 Å². The normalized spacial score (nSPS) is 11.3. The monoisotopic (exact) mass is 348 g/mol. The number of sulfonamides is 1. The van der Waals surface area contributed by atoms with Crippen LogP contribution in [0.2, 0.25) is 0 Å². The fourth-order valence-corrected chi connectivity index (χ4v) is 2.76. The molecule has 0 heterocycles. The highest BCUT2D eigenvalue weighted by atomic mass is 79.9. The molecule has 1 aromatic rings. The SMILES string of the molecule is CC(=O)NCCCCNS(=O)(=O)c1ccc(Br)cc1. The van der Waals surface area contributed by atoms with Crippen molar-refractivity contribution in [3.05, 3.63) is 28.7 Å². The van der Waals surface area contributed by atoms with E-state index in [0.29, 0.717) is 19.5 Å². The second-order valence-corrected chi connectivity index (χ2v) is 6.72. The van der Waals surface area contributed by atoms with Gasteiger partial charge in [0.25, 0.3) is 0 Å². The number of carbonyl (C=O) groups is 1. The van der Waals surface area contributed by atoms with Crippen LogP contribution in [0.4, 0.5) is 0 Å². The van der Waals surface area contributed by atoms with Crippen molar-refractivity contribution in [1.29, 1.82) is 0 Å². The Bertz CT molecular complexity index is 514. The number of rotatable bonds is 7. The van der Waals surface area contributed by atoms with Crippen molar-refractivity contribution < 1.29 is 13.2 Å². The van der Waals surface area contributed by atoms with Crippen molar-refractivity contribution in [2.75, 3.05) is 13.1 Å². The van der Waals surface area contributed by atoms with Crippen LogP contribution in [0.15, 0.2) is 33.6 Å². The lowest BCUT2D eigenvalue weighted by molar-refractivity contribution is -0.118. The maximum atomic E-state index is 11.9. The number of unbranched alkanes of at least 4 members (excludes halogenated alkanes) is 1. The molecule has 7 heteroatoms. The van der Waals surface area contributed by atoms with Gasteiger partial charge in [0.15, 0.2) is 0 Å². The Hall–Kier alpha value is -0.920. The molecule has 0 aromatic heterocycles. The van der Waals surface area contributed by atoms with Crippen LogP contribution in [0.5, 0.6) is 0 Å². The van der Waals surface area contributed by atoms with Crippen LogP contribution >= 0.6 is 15.9 Å². The number of carbonyl (C=O) groups excluding carboxylic acids is 1. The Morgan fingerprint density at radius 3 is 2.32 bits per heavy atom. The predicted molar refractivity (Wildman–Crippen MR) is 77.2 cm³/mol. The second kappa shape index (κ2) is 7.62. The van der Waals surface area contributed by atoms with Gasteiger partial charge in [-0.25, -0.2) is 13.1 Å². The van der Waals surface area contributed by atoms with E-state index >= 15 is 0 Å². The lowest BCUT2D eigenvalue weighted by atomic mass is 10.3. The van der Waals surface area contributed by atoms with Crippen molar-refractivity contribution in [3.8, 4) is 0 Å². The van der Waals surface area contributed by atoms with Crippen LogP contribution in [0, 0.1) is 0 Å². The van der Waals surface area contributed by atoms with Gasteiger partial charge in [0.05, 0.1) is 4.90 Å². The summed E-state index contributed by atoms with van der Waals surface area (Å²) in [5.74, 6) is -0.0737. The molecule has 5 nitrogen and oxygen atoms in total. The summed E-state index contributed by atoms with van der Waals surface area (Å²) in [6, 6.07) is 6.46. The Kier molecular flexibility index (Phi) is 6.47. The number of hydrogen-bond acceptors (Lipinski definition) is 3. The van der Waals surface area contributed by atoms with Gasteiger partial charge in [0.1, 0.15) is 0 Å². The average Bonchev–Trinajstić information content (AvgIpc) is 2.34. The molecule has 0 atom stereocenters. The van der Waals surface area contributed by atoms with Gasteiger partial charge >= 0.3 is 0 Å². The van der Waals surface area contributed by atoms with Gasteiger partial charge in [-0.15, -0.1) is 0 Å².